The average molecular weight is 318 g/mol. The summed E-state index contributed by atoms with van der Waals surface area (Å²) in [5.74, 6) is 0. The quantitative estimate of drug-likeness (QED) is 0.767. The Bertz CT molecular complexity index is 702. The Kier molecular flexibility index (Phi) is 3.85. The first-order valence-corrected chi connectivity index (χ1v) is 8.52. The van der Waals surface area contributed by atoms with Gasteiger partial charge in [0.15, 0.2) is 0 Å². The Morgan fingerprint density at radius 1 is 1.41 bits per heavy atom. The molecule has 22 heavy (non-hydrogen) atoms. The van der Waals surface area contributed by atoms with Crippen molar-refractivity contribution in [1.29, 1.82) is 0 Å². The highest BCUT2D eigenvalue weighted by Gasteiger charge is 2.35. The highest BCUT2D eigenvalue weighted by Crippen LogP contribution is 2.37. The molecule has 1 aliphatic rings. The number of likely N-dealkylation sites (tertiary alicyclic amines) is 1. The van der Waals surface area contributed by atoms with Crippen LogP contribution in [0.3, 0.4) is 0 Å². The van der Waals surface area contributed by atoms with Crippen LogP contribution in [0, 0.1) is 6.92 Å². The minimum Gasteiger partial charge on any atom is -0.444 e. The number of carbonyl (C=O) groups is 1. The molecular weight excluding hydrogens is 296 g/mol. The monoisotopic (exact) mass is 318 g/mol. The van der Waals surface area contributed by atoms with E-state index in [2.05, 4.69) is 25.1 Å². The zero-order valence-electron chi connectivity index (χ0n) is 13.5. The van der Waals surface area contributed by atoms with E-state index in [9.17, 15) is 4.79 Å². The Hall–Kier alpha value is -1.62. The molecule has 5 heteroatoms. The lowest BCUT2D eigenvalue weighted by Crippen LogP contribution is -2.36. The van der Waals surface area contributed by atoms with Gasteiger partial charge in [0.1, 0.15) is 10.6 Å². The highest BCUT2D eigenvalue weighted by atomic mass is 32.1. The van der Waals surface area contributed by atoms with Gasteiger partial charge >= 0.3 is 6.09 Å². The van der Waals surface area contributed by atoms with Gasteiger partial charge in [0, 0.05) is 6.54 Å². The lowest BCUT2D eigenvalue weighted by atomic mass is 10.2. The first kappa shape index (κ1) is 15.3. The maximum absolute atomic E-state index is 12.4. The fraction of sp³-hybridized carbons (Fsp3) is 0.529. The smallest absolute Gasteiger partial charge is 0.410 e. The van der Waals surface area contributed by atoms with Crippen LogP contribution in [0.5, 0.6) is 0 Å². The molecule has 3 rings (SSSR count). The van der Waals surface area contributed by atoms with Crippen LogP contribution in [0.1, 0.15) is 50.2 Å². The second kappa shape index (κ2) is 5.54. The molecule has 0 radical (unpaired) electrons. The molecule has 0 N–H and O–H groups in total. The summed E-state index contributed by atoms with van der Waals surface area (Å²) in [4.78, 5) is 19.0. The third-order valence-electron chi connectivity index (χ3n) is 3.80. The molecule has 1 aromatic carbocycles. The van der Waals surface area contributed by atoms with Crippen LogP contribution in [0.25, 0.3) is 10.2 Å². The van der Waals surface area contributed by atoms with E-state index in [1.165, 1.54) is 10.3 Å². The topological polar surface area (TPSA) is 42.4 Å². The van der Waals surface area contributed by atoms with Crippen molar-refractivity contribution in [3.05, 3.63) is 28.8 Å². The molecule has 0 unspecified atom stereocenters. The third-order valence-corrected chi connectivity index (χ3v) is 4.92. The second-order valence-corrected chi connectivity index (χ2v) is 7.87. The summed E-state index contributed by atoms with van der Waals surface area (Å²) in [5.41, 5.74) is 1.77. The number of carbonyl (C=O) groups excluding carboxylic acids is 1. The maximum atomic E-state index is 12.4. The Morgan fingerprint density at radius 3 is 2.86 bits per heavy atom. The van der Waals surface area contributed by atoms with Crippen molar-refractivity contribution in [2.45, 2.75) is 52.2 Å². The fourth-order valence-corrected chi connectivity index (χ4v) is 4.00. The van der Waals surface area contributed by atoms with Crippen LogP contribution in [-0.4, -0.2) is 28.1 Å². The van der Waals surface area contributed by atoms with Gasteiger partial charge in [-0.2, -0.15) is 0 Å². The normalized spacial score (nSPS) is 18.9. The number of benzene rings is 1. The minimum atomic E-state index is -0.464. The van der Waals surface area contributed by atoms with Gasteiger partial charge in [-0.3, -0.25) is 4.90 Å². The van der Waals surface area contributed by atoms with Crippen LogP contribution >= 0.6 is 11.3 Å². The van der Waals surface area contributed by atoms with Crippen LogP contribution in [-0.2, 0) is 4.74 Å². The molecule has 1 saturated heterocycles. The SMILES string of the molecule is Cc1cccc2sc([C@@H]3CCCN3C(=O)OC(C)(C)C)nc12. The molecule has 0 saturated carbocycles. The van der Waals surface area contributed by atoms with E-state index in [0.717, 1.165) is 29.9 Å². The Morgan fingerprint density at radius 2 is 2.18 bits per heavy atom. The van der Waals surface area contributed by atoms with Crippen molar-refractivity contribution >= 4 is 27.6 Å². The number of amides is 1. The van der Waals surface area contributed by atoms with Crippen molar-refractivity contribution in [2.24, 2.45) is 0 Å². The summed E-state index contributed by atoms with van der Waals surface area (Å²) in [6.07, 6.45) is 1.72. The molecule has 1 amide bonds. The summed E-state index contributed by atoms with van der Waals surface area (Å²) in [6.45, 7) is 8.52. The number of ether oxygens (including phenoxy) is 1. The number of thiazole rings is 1. The van der Waals surface area contributed by atoms with Gasteiger partial charge in [-0.15, -0.1) is 11.3 Å². The molecule has 1 atom stereocenters. The zero-order chi connectivity index (χ0) is 15.9. The van der Waals surface area contributed by atoms with Crippen LogP contribution in [0.2, 0.25) is 0 Å². The number of aromatic nitrogens is 1. The number of nitrogens with zero attached hydrogens (tertiary/aromatic N) is 2. The Balaban J connectivity index is 1.88. The Labute approximate surface area is 135 Å². The average Bonchev–Trinajstić information content (AvgIpc) is 3.03. The summed E-state index contributed by atoms with van der Waals surface area (Å²) < 4.78 is 6.72. The molecule has 0 bridgehead atoms. The molecule has 1 aromatic heterocycles. The van der Waals surface area contributed by atoms with E-state index in [1.54, 1.807) is 11.3 Å². The molecule has 2 aromatic rings. The zero-order valence-corrected chi connectivity index (χ0v) is 14.4. The molecule has 1 aliphatic heterocycles. The van der Waals surface area contributed by atoms with Gasteiger partial charge < -0.3 is 4.74 Å². The van der Waals surface area contributed by atoms with E-state index < -0.39 is 5.60 Å². The van der Waals surface area contributed by atoms with E-state index >= 15 is 0 Å². The molecule has 0 aliphatic carbocycles. The van der Waals surface area contributed by atoms with Crippen molar-refractivity contribution < 1.29 is 9.53 Å². The predicted octanol–water partition coefficient (Wildman–Crippen LogP) is 4.68. The maximum Gasteiger partial charge on any atom is 0.410 e. The van der Waals surface area contributed by atoms with Gasteiger partial charge in [-0.25, -0.2) is 9.78 Å². The van der Waals surface area contributed by atoms with Gasteiger partial charge in [0.2, 0.25) is 0 Å². The number of hydrogen-bond acceptors (Lipinski definition) is 4. The van der Waals surface area contributed by atoms with E-state index in [1.807, 2.05) is 25.7 Å². The van der Waals surface area contributed by atoms with Crippen LogP contribution in [0.15, 0.2) is 18.2 Å². The van der Waals surface area contributed by atoms with Crippen molar-refractivity contribution in [3.8, 4) is 0 Å². The third kappa shape index (κ3) is 2.95. The second-order valence-electron chi connectivity index (χ2n) is 6.81. The number of aryl methyl sites for hydroxylation is 1. The molecule has 2 heterocycles. The summed E-state index contributed by atoms with van der Waals surface area (Å²) in [7, 11) is 0. The lowest BCUT2D eigenvalue weighted by Gasteiger charge is -2.27. The predicted molar refractivity (Wildman–Crippen MR) is 89.3 cm³/mol. The molecule has 4 nitrogen and oxygen atoms in total. The summed E-state index contributed by atoms with van der Waals surface area (Å²) in [6, 6.07) is 6.27. The first-order valence-electron chi connectivity index (χ1n) is 7.71. The standard InChI is InChI=1S/C17H22N2O2S/c1-11-7-5-9-13-14(11)18-15(22-13)12-8-6-10-19(12)16(20)21-17(2,3)4/h5,7,9,12H,6,8,10H2,1-4H3/t12-/m0/s1. The lowest BCUT2D eigenvalue weighted by molar-refractivity contribution is 0.0224. The number of hydrogen-bond donors (Lipinski definition) is 0. The van der Waals surface area contributed by atoms with E-state index in [4.69, 9.17) is 9.72 Å². The van der Waals surface area contributed by atoms with Gasteiger partial charge in [0.25, 0.3) is 0 Å². The van der Waals surface area contributed by atoms with Gasteiger partial charge in [-0.1, -0.05) is 12.1 Å². The first-order chi connectivity index (χ1) is 10.3. The molecule has 118 valence electrons. The van der Waals surface area contributed by atoms with Crippen LogP contribution < -0.4 is 0 Å². The molecule has 0 spiro atoms. The summed E-state index contributed by atoms with van der Waals surface area (Å²) >= 11 is 1.69. The molecular formula is C17H22N2O2S. The van der Waals surface area contributed by atoms with Gasteiger partial charge in [0.05, 0.1) is 16.3 Å². The van der Waals surface area contributed by atoms with Crippen molar-refractivity contribution in [1.82, 2.24) is 9.88 Å². The fourth-order valence-electron chi connectivity index (χ4n) is 2.81. The number of fused-ring (bicyclic) bond motifs is 1. The largest absolute Gasteiger partial charge is 0.444 e. The van der Waals surface area contributed by atoms with Crippen molar-refractivity contribution in [3.63, 3.8) is 0 Å². The van der Waals surface area contributed by atoms with E-state index in [-0.39, 0.29) is 12.1 Å². The van der Waals surface area contributed by atoms with E-state index in [0.29, 0.717) is 0 Å². The van der Waals surface area contributed by atoms with Crippen LogP contribution in [0.4, 0.5) is 4.79 Å². The minimum absolute atomic E-state index is 0.0478. The van der Waals surface area contributed by atoms with Crippen molar-refractivity contribution in [2.75, 3.05) is 6.54 Å². The number of rotatable bonds is 1. The van der Waals surface area contributed by atoms with Gasteiger partial charge in [-0.05, 0) is 52.2 Å². The molecule has 1 fully saturated rings. The number of para-hydroxylation sites is 1. The highest BCUT2D eigenvalue weighted by molar-refractivity contribution is 7.18. The summed E-state index contributed by atoms with van der Waals surface area (Å²) in [5, 5.41) is 1.02.